The maximum atomic E-state index is 13.0. The van der Waals surface area contributed by atoms with Crippen LogP contribution in [-0.2, 0) is 16.1 Å². The van der Waals surface area contributed by atoms with Gasteiger partial charge in [-0.25, -0.2) is 4.98 Å². The van der Waals surface area contributed by atoms with E-state index in [1.54, 1.807) is 49.0 Å². The standard InChI is InChI=1S/C22H21N7O4S/c1-22(2)20(32)26-13-7-12-14(8-15(13)33-22)29(6-5-18(23)30)21(27-12)28-19(31)17-4-3-16(34-17)11-9-24-25-10-11/h3-4,7-10H,5-6H2,1-2H3,(H2,23,30)(H,24,25)(H,26,32)(H,27,28,31). The zero-order chi connectivity index (χ0) is 24.0. The first-order valence-electron chi connectivity index (χ1n) is 10.4. The Labute approximate surface area is 197 Å². The molecule has 0 atom stereocenters. The number of imidazole rings is 1. The average molecular weight is 480 g/mol. The summed E-state index contributed by atoms with van der Waals surface area (Å²) in [5, 5.41) is 12.3. The summed E-state index contributed by atoms with van der Waals surface area (Å²) in [7, 11) is 0. The highest BCUT2D eigenvalue weighted by Gasteiger charge is 2.36. The summed E-state index contributed by atoms with van der Waals surface area (Å²) in [5.41, 5.74) is 6.85. The number of aromatic amines is 1. The van der Waals surface area contributed by atoms with Crippen LogP contribution in [0.15, 0.2) is 36.7 Å². The molecule has 0 saturated carbocycles. The van der Waals surface area contributed by atoms with Crippen LogP contribution < -0.4 is 21.1 Å². The molecule has 5 rings (SSSR count). The second-order valence-electron chi connectivity index (χ2n) is 8.31. The fourth-order valence-electron chi connectivity index (χ4n) is 3.64. The minimum atomic E-state index is -1.04. The van der Waals surface area contributed by atoms with Crippen LogP contribution >= 0.6 is 11.3 Å². The molecule has 34 heavy (non-hydrogen) atoms. The summed E-state index contributed by atoms with van der Waals surface area (Å²) in [4.78, 5) is 42.7. The summed E-state index contributed by atoms with van der Waals surface area (Å²) in [6.07, 6.45) is 3.49. The van der Waals surface area contributed by atoms with Crippen molar-refractivity contribution in [2.45, 2.75) is 32.4 Å². The number of rotatable bonds is 6. The first-order valence-corrected chi connectivity index (χ1v) is 11.3. The number of thiophene rings is 1. The molecule has 11 nitrogen and oxygen atoms in total. The third-order valence-corrected chi connectivity index (χ3v) is 6.56. The number of primary amides is 1. The molecule has 3 aromatic heterocycles. The van der Waals surface area contributed by atoms with Gasteiger partial charge in [-0.3, -0.25) is 24.8 Å². The number of amides is 3. The van der Waals surface area contributed by atoms with Crippen molar-refractivity contribution in [3.8, 4) is 16.2 Å². The summed E-state index contributed by atoms with van der Waals surface area (Å²) in [5.74, 6) is -0.367. The van der Waals surface area contributed by atoms with Gasteiger partial charge in [-0.2, -0.15) is 5.10 Å². The van der Waals surface area contributed by atoms with Crippen molar-refractivity contribution < 1.29 is 19.1 Å². The molecule has 4 aromatic rings. The normalized spacial score (nSPS) is 14.4. The highest BCUT2D eigenvalue weighted by molar-refractivity contribution is 7.17. The molecule has 3 amide bonds. The smallest absolute Gasteiger partial charge is 0.268 e. The lowest BCUT2D eigenvalue weighted by Crippen LogP contribution is -2.45. The molecule has 4 heterocycles. The highest BCUT2D eigenvalue weighted by atomic mass is 32.1. The van der Waals surface area contributed by atoms with Gasteiger partial charge in [0.15, 0.2) is 5.60 Å². The van der Waals surface area contributed by atoms with Crippen molar-refractivity contribution >= 4 is 51.7 Å². The Hall–Kier alpha value is -4.19. The predicted molar refractivity (Wildman–Crippen MR) is 127 cm³/mol. The van der Waals surface area contributed by atoms with Gasteiger partial charge >= 0.3 is 0 Å². The van der Waals surface area contributed by atoms with Gasteiger partial charge < -0.3 is 20.4 Å². The minimum absolute atomic E-state index is 0.0537. The van der Waals surface area contributed by atoms with E-state index in [0.717, 1.165) is 10.4 Å². The molecule has 174 valence electrons. The molecule has 0 fully saturated rings. The Morgan fingerprint density at radius 1 is 1.29 bits per heavy atom. The Balaban J connectivity index is 1.50. The zero-order valence-corrected chi connectivity index (χ0v) is 19.2. The molecule has 0 spiro atoms. The van der Waals surface area contributed by atoms with Gasteiger partial charge in [0.2, 0.25) is 11.9 Å². The van der Waals surface area contributed by atoms with Crippen LogP contribution in [0, 0.1) is 0 Å². The molecular formula is C22H21N7O4S. The number of benzene rings is 1. The van der Waals surface area contributed by atoms with Crippen molar-refractivity contribution in [1.29, 1.82) is 0 Å². The number of nitrogens with zero attached hydrogens (tertiary/aromatic N) is 3. The Bertz CT molecular complexity index is 1440. The molecule has 0 aliphatic carbocycles. The number of nitrogens with two attached hydrogens (primary N) is 1. The highest BCUT2D eigenvalue weighted by Crippen LogP contribution is 2.38. The van der Waals surface area contributed by atoms with Crippen LogP contribution in [0.5, 0.6) is 5.75 Å². The summed E-state index contributed by atoms with van der Waals surface area (Å²) in [6.45, 7) is 3.55. The quantitative estimate of drug-likeness (QED) is 0.333. The van der Waals surface area contributed by atoms with Crippen molar-refractivity contribution in [3.05, 3.63) is 41.5 Å². The first kappa shape index (κ1) is 21.6. The van der Waals surface area contributed by atoms with Gasteiger partial charge in [0.05, 0.1) is 27.8 Å². The number of ether oxygens (including phenoxy) is 1. The van der Waals surface area contributed by atoms with E-state index in [4.69, 9.17) is 10.5 Å². The Morgan fingerprint density at radius 2 is 2.12 bits per heavy atom. The second kappa shape index (κ2) is 7.99. The van der Waals surface area contributed by atoms with Crippen molar-refractivity contribution in [1.82, 2.24) is 19.7 Å². The molecule has 1 aliphatic rings. The van der Waals surface area contributed by atoms with Crippen molar-refractivity contribution in [2.75, 3.05) is 10.6 Å². The lowest BCUT2D eigenvalue weighted by molar-refractivity contribution is -0.129. The third kappa shape index (κ3) is 3.88. The summed E-state index contributed by atoms with van der Waals surface area (Å²) >= 11 is 1.32. The zero-order valence-electron chi connectivity index (χ0n) is 18.3. The maximum Gasteiger partial charge on any atom is 0.268 e. The number of carbonyl (C=O) groups excluding carboxylic acids is 3. The van der Waals surface area contributed by atoms with E-state index in [-0.39, 0.29) is 30.7 Å². The molecule has 12 heteroatoms. The van der Waals surface area contributed by atoms with Gasteiger partial charge in [0.25, 0.3) is 11.8 Å². The van der Waals surface area contributed by atoms with Crippen LogP contribution in [0.4, 0.5) is 11.6 Å². The average Bonchev–Trinajstić information content (AvgIpc) is 3.51. The van der Waals surface area contributed by atoms with Gasteiger partial charge in [-0.1, -0.05) is 0 Å². The number of anilines is 2. The van der Waals surface area contributed by atoms with E-state index in [1.807, 2.05) is 6.07 Å². The third-order valence-electron chi connectivity index (χ3n) is 5.43. The topological polar surface area (TPSA) is 157 Å². The lowest BCUT2D eigenvalue weighted by atomic mass is 10.1. The number of carbonyl (C=O) groups is 3. The Kier molecular flexibility index (Phi) is 5.09. The fourth-order valence-corrected chi connectivity index (χ4v) is 4.52. The van der Waals surface area contributed by atoms with E-state index in [9.17, 15) is 14.4 Å². The van der Waals surface area contributed by atoms with E-state index in [1.165, 1.54) is 11.3 Å². The monoisotopic (exact) mass is 479 g/mol. The van der Waals surface area contributed by atoms with Crippen LogP contribution in [0.25, 0.3) is 21.5 Å². The molecule has 0 saturated heterocycles. The van der Waals surface area contributed by atoms with Gasteiger partial charge in [0.1, 0.15) is 5.75 Å². The maximum absolute atomic E-state index is 13.0. The molecular weight excluding hydrogens is 458 g/mol. The number of nitrogens with one attached hydrogen (secondary N) is 3. The number of H-pyrrole nitrogens is 1. The van der Waals surface area contributed by atoms with E-state index in [2.05, 4.69) is 25.8 Å². The van der Waals surface area contributed by atoms with Crippen LogP contribution in [0.3, 0.4) is 0 Å². The van der Waals surface area contributed by atoms with Gasteiger partial charge in [0, 0.05) is 35.7 Å². The van der Waals surface area contributed by atoms with Gasteiger partial charge in [-0.05, 0) is 32.0 Å². The summed E-state index contributed by atoms with van der Waals surface area (Å²) in [6, 6.07) is 6.98. The van der Waals surface area contributed by atoms with Crippen LogP contribution in [-0.4, -0.2) is 43.1 Å². The summed E-state index contributed by atoms with van der Waals surface area (Å²) < 4.78 is 7.58. The van der Waals surface area contributed by atoms with Crippen LogP contribution in [0.2, 0.25) is 0 Å². The van der Waals surface area contributed by atoms with Gasteiger partial charge in [-0.15, -0.1) is 11.3 Å². The largest absolute Gasteiger partial charge is 0.476 e. The molecule has 0 radical (unpaired) electrons. The fraction of sp³-hybridized carbons (Fsp3) is 0.227. The van der Waals surface area contributed by atoms with Crippen molar-refractivity contribution in [2.24, 2.45) is 5.73 Å². The van der Waals surface area contributed by atoms with Crippen molar-refractivity contribution in [3.63, 3.8) is 0 Å². The van der Waals surface area contributed by atoms with Crippen LogP contribution in [0.1, 0.15) is 29.9 Å². The van der Waals surface area contributed by atoms with E-state index >= 15 is 0 Å². The number of fused-ring (bicyclic) bond motifs is 2. The molecule has 1 aromatic carbocycles. The minimum Gasteiger partial charge on any atom is -0.476 e. The SMILES string of the molecule is CC1(C)Oc2cc3c(cc2NC1=O)nc(NC(=O)c1ccc(-c2cn[nH]c2)s1)n3CCC(N)=O. The predicted octanol–water partition coefficient (Wildman–Crippen LogP) is 2.73. The second-order valence-corrected chi connectivity index (χ2v) is 9.40. The molecule has 1 aliphatic heterocycles. The number of aromatic nitrogens is 4. The number of hydrogen-bond donors (Lipinski definition) is 4. The molecule has 0 unspecified atom stereocenters. The van der Waals surface area contributed by atoms with E-state index < -0.39 is 11.5 Å². The number of aryl methyl sites for hydroxylation is 1. The van der Waals surface area contributed by atoms with E-state index in [0.29, 0.717) is 27.3 Å². The lowest BCUT2D eigenvalue weighted by Gasteiger charge is -2.31. The Morgan fingerprint density at radius 3 is 2.85 bits per heavy atom. The molecule has 0 bridgehead atoms. The number of hydrogen-bond acceptors (Lipinski definition) is 7. The first-order chi connectivity index (χ1) is 16.2. The molecule has 5 N–H and O–H groups in total.